The van der Waals surface area contributed by atoms with Crippen LogP contribution < -0.4 is 15.7 Å². The molecule has 23 heavy (non-hydrogen) atoms. The van der Waals surface area contributed by atoms with Gasteiger partial charge in [-0.1, -0.05) is 28.3 Å². The Hall–Kier alpha value is -2.62. The van der Waals surface area contributed by atoms with Crippen LogP contribution in [-0.2, 0) is 9.53 Å². The number of hydrogen-bond donors (Lipinski definition) is 2. The molecule has 1 aliphatic rings. The molecule has 0 aromatic heterocycles. The van der Waals surface area contributed by atoms with E-state index in [1.807, 2.05) is 0 Å². The third-order valence-electron chi connectivity index (χ3n) is 3.33. The molecule has 0 bridgehead atoms. The van der Waals surface area contributed by atoms with Gasteiger partial charge in [0.2, 0.25) is 0 Å². The maximum Gasteiger partial charge on any atom is 0.319 e. The van der Waals surface area contributed by atoms with E-state index in [9.17, 15) is 24.8 Å². The number of ether oxygens (including phenoxy) is 1. The summed E-state index contributed by atoms with van der Waals surface area (Å²) in [6, 6.07) is 0.262. The fraction of sp³-hybridized carbons (Fsp3) is 0.231. The number of benzene rings is 1. The highest BCUT2D eigenvalue weighted by molar-refractivity contribution is 9.10. The predicted molar refractivity (Wildman–Crippen MR) is 79.3 cm³/mol. The first-order valence-corrected chi connectivity index (χ1v) is 7.04. The number of nitro groups is 1. The van der Waals surface area contributed by atoms with Crippen LogP contribution in [0.5, 0.6) is 5.75 Å². The highest BCUT2D eigenvalue weighted by Crippen LogP contribution is 2.39. The van der Waals surface area contributed by atoms with Crippen LogP contribution in [-0.4, -0.2) is 24.0 Å². The standard InChI is InChI=1S/C13H12BrN3O6/c1-5-9(12(19)23-2)10(16-13(20)15-5)7-3-6(17(21)22)4-8(14)11(7)18/h3-4,9-10,18H,1H2,2H3,(H2,15,16,20)/p-1/t9-,10-/m1/s1. The summed E-state index contributed by atoms with van der Waals surface area (Å²) < 4.78 is 4.60. The second kappa shape index (κ2) is 6.24. The van der Waals surface area contributed by atoms with E-state index in [0.717, 1.165) is 19.2 Å². The Balaban J connectivity index is 2.60. The molecule has 0 unspecified atom stereocenters. The van der Waals surface area contributed by atoms with Gasteiger partial charge in [-0.05, 0) is 5.56 Å². The number of urea groups is 1. The molecule has 0 spiro atoms. The van der Waals surface area contributed by atoms with E-state index in [0.29, 0.717) is 0 Å². The monoisotopic (exact) mass is 384 g/mol. The number of esters is 1. The van der Waals surface area contributed by atoms with Gasteiger partial charge in [0.05, 0.1) is 18.1 Å². The molecule has 1 aliphatic heterocycles. The summed E-state index contributed by atoms with van der Waals surface area (Å²) in [5.74, 6) is -2.42. The number of non-ortho nitro benzene ring substituents is 1. The fourth-order valence-electron chi connectivity index (χ4n) is 2.28. The van der Waals surface area contributed by atoms with Crippen molar-refractivity contribution >= 4 is 33.6 Å². The molecule has 2 rings (SSSR count). The lowest BCUT2D eigenvalue weighted by atomic mass is 9.88. The highest BCUT2D eigenvalue weighted by Gasteiger charge is 2.39. The van der Waals surface area contributed by atoms with Gasteiger partial charge in [-0.2, -0.15) is 0 Å². The van der Waals surface area contributed by atoms with E-state index in [4.69, 9.17) is 0 Å². The van der Waals surface area contributed by atoms with Gasteiger partial charge in [-0.3, -0.25) is 14.9 Å². The van der Waals surface area contributed by atoms with Crippen molar-refractivity contribution in [1.82, 2.24) is 10.6 Å². The van der Waals surface area contributed by atoms with Crippen LogP contribution in [0.1, 0.15) is 11.6 Å². The van der Waals surface area contributed by atoms with Gasteiger partial charge in [0.25, 0.3) is 5.69 Å². The van der Waals surface area contributed by atoms with Crippen LogP contribution >= 0.6 is 15.9 Å². The van der Waals surface area contributed by atoms with Crippen LogP contribution in [0.4, 0.5) is 10.5 Å². The van der Waals surface area contributed by atoms with Crippen LogP contribution in [0.2, 0.25) is 0 Å². The number of nitrogens with zero attached hydrogens (tertiary/aromatic N) is 1. The van der Waals surface area contributed by atoms with Crippen molar-refractivity contribution in [3.05, 3.63) is 44.6 Å². The first kappa shape index (κ1) is 16.7. The third-order valence-corrected chi connectivity index (χ3v) is 3.92. The van der Waals surface area contributed by atoms with E-state index >= 15 is 0 Å². The van der Waals surface area contributed by atoms with Crippen molar-refractivity contribution in [2.75, 3.05) is 7.11 Å². The van der Waals surface area contributed by atoms with Crippen LogP contribution in [0, 0.1) is 16.0 Å². The number of halogens is 1. The minimum atomic E-state index is -1.13. The summed E-state index contributed by atoms with van der Waals surface area (Å²) in [7, 11) is 1.14. The molecule has 2 N–H and O–H groups in total. The van der Waals surface area contributed by atoms with Crippen molar-refractivity contribution in [2.45, 2.75) is 6.04 Å². The SMILES string of the molecule is C=C1NC(=O)N[C@H](c2cc([N+](=O)[O-])cc(Br)c2[O-])[C@@H]1C(=O)OC. The lowest BCUT2D eigenvalue weighted by Gasteiger charge is -2.35. The molecule has 1 fully saturated rings. The number of amides is 2. The molecular formula is C13H11BrN3O6-. The normalized spacial score (nSPS) is 20.4. The van der Waals surface area contributed by atoms with E-state index in [1.165, 1.54) is 0 Å². The topological polar surface area (TPSA) is 134 Å². The summed E-state index contributed by atoms with van der Waals surface area (Å²) in [6.07, 6.45) is 0. The number of rotatable bonds is 3. The number of hydrogen-bond acceptors (Lipinski definition) is 6. The van der Waals surface area contributed by atoms with E-state index in [-0.39, 0.29) is 21.4 Å². The lowest BCUT2D eigenvalue weighted by molar-refractivity contribution is -0.385. The summed E-state index contributed by atoms with van der Waals surface area (Å²) >= 11 is 2.95. The van der Waals surface area contributed by atoms with Crippen molar-refractivity contribution in [1.29, 1.82) is 0 Å². The van der Waals surface area contributed by atoms with Crippen molar-refractivity contribution < 1.29 is 24.4 Å². The Bertz CT molecular complexity index is 720. The molecule has 1 aromatic rings. The molecule has 0 radical (unpaired) electrons. The Kier molecular flexibility index (Phi) is 4.55. The number of carbonyl (C=O) groups is 2. The predicted octanol–water partition coefficient (Wildman–Crippen LogP) is 1.09. The molecule has 1 heterocycles. The van der Waals surface area contributed by atoms with Gasteiger partial charge in [0.15, 0.2) is 0 Å². The second-order valence-electron chi connectivity index (χ2n) is 4.71. The summed E-state index contributed by atoms with van der Waals surface area (Å²) in [4.78, 5) is 33.9. The molecule has 0 saturated carbocycles. The molecule has 1 saturated heterocycles. The Morgan fingerprint density at radius 1 is 1.48 bits per heavy atom. The van der Waals surface area contributed by atoms with Gasteiger partial charge >= 0.3 is 12.0 Å². The first-order chi connectivity index (χ1) is 10.8. The minimum absolute atomic E-state index is 0.0348. The summed E-state index contributed by atoms with van der Waals surface area (Å²) in [6.45, 7) is 3.58. The average molecular weight is 385 g/mol. The van der Waals surface area contributed by atoms with Crippen LogP contribution in [0.15, 0.2) is 28.9 Å². The Morgan fingerprint density at radius 2 is 2.13 bits per heavy atom. The van der Waals surface area contributed by atoms with Gasteiger partial charge < -0.3 is 20.5 Å². The zero-order valence-electron chi connectivity index (χ0n) is 11.8. The molecular weight excluding hydrogens is 374 g/mol. The van der Waals surface area contributed by atoms with E-state index in [2.05, 4.69) is 37.9 Å². The molecule has 1 aromatic carbocycles. The zero-order valence-corrected chi connectivity index (χ0v) is 13.4. The minimum Gasteiger partial charge on any atom is -0.871 e. The number of nitrogens with one attached hydrogen (secondary N) is 2. The van der Waals surface area contributed by atoms with Crippen LogP contribution in [0.25, 0.3) is 0 Å². The number of carbonyl (C=O) groups excluding carboxylic acids is 2. The van der Waals surface area contributed by atoms with Crippen molar-refractivity contribution in [2.24, 2.45) is 5.92 Å². The molecule has 122 valence electrons. The summed E-state index contributed by atoms with van der Waals surface area (Å²) in [5.41, 5.74) is -0.432. The maximum absolute atomic E-state index is 12.3. The smallest absolute Gasteiger partial charge is 0.319 e. The molecule has 9 nitrogen and oxygen atoms in total. The zero-order chi connectivity index (χ0) is 17.3. The van der Waals surface area contributed by atoms with Gasteiger partial charge in [-0.25, -0.2) is 4.79 Å². The first-order valence-electron chi connectivity index (χ1n) is 6.25. The quantitative estimate of drug-likeness (QED) is 0.455. The average Bonchev–Trinajstić information content (AvgIpc) is 2.48. The van der Waals surface area contributed by atoms with Crippen LogP contribution in [0.3, 0.4) is 0 Å². The molecule has 10 heteroatoms. The second-order valence-corrected chi connectivity index (χ2v) is 5.56. The molecule has 2 atom stereocenters. The number of methoxy groups -OCH3 is 1. The fourth-order valence-corrected chi connectivity index (χ4v) is 2.75. The summed E-state index contributed by atoms with van der Waals surface area (Å²) in [5, 5.41) is 28.0. The van der Waals surface area contributed by atoms with Gasteiger partial charge in [0, 0.05) is 22.3 Å². The molecule has 0 aliphatic carbocycles. The maximum atomic E-state index is 12.3. The molecule has 2 amide bonds. The number of nitro benzene ring substituents is 1. The van der Waals surface area contributed by atoms with Crippen molar-refractivity contribution in [3.63, 3.8) is 0 Å². The van der Waals surface area contributed by atoms with Gasteiger partial charge in [0.1, 0.15) is 5.92 Å². The Morgan fingerprint density at radius 3 is 2.70 bits per heavy atom. The highest BCUT2D eigenvalue weighted by atomic mass is 79.9. The van der Waals surface area contributed by atoms with E-state index < -0.39 is 34.6 Å². The largest absolute Gasteiger partial charge is 0.871 e. The Labute approximate surface area is 138 Å². The lowest BCUT2D eigenvalue weighted by Crippen LogP contribution is -2.51. The third kappa shape index (κ3) is 3.11. The van der Waals surface area contributed by atoms with Gasteiger partial charge in [-0.15, -0.1) is 0 Å². The van der Waals surface area contributed by atoms with E-state index in [1.54, 1.807) is 0 Å². The van der Waals surface area contributed by atoms with Crippen molar-refractivity contribution in [3.8, 4) is 5.75 Å².